The second-order valence-electron chi connectivity index (χ2n) is 10.5. The molecule has 2 fully saturated rings. The molecule has 1 aliphatic heterocycles. The van der Waals surface area contributed by atoms with Crippen LogP contribution in [0.4, 0.5) is 5.69 Å². The molecule has 1 aromatic heterocycles. The molecule has 1 atom stereocenters. The zero-order chi connectivity index (χ0) is 23.3. The van der Waals surface area contributed by atoms with Crippen molar-refractivity contribution in [3.8, 4) is 0 Å². The molecule has 2 N–H and O–H groups in total. The van der Waals surface area contributed by atoms with Crippen LogP contribution >= 0.6 is 0 Å². The van der Waals surface area contributed by atoms with Crippen molar-refractivity contribution in [1.82, 2.24) is 20.2 Å². The number of aromatic nitrogens is 2. The number of allylic oxidation sites excluding steroid dienone is 1. The van der Waals surface area contributed by atoms with Crippen LogP contribution in [-0.2, 0) is 12.8 Å². The van der Waals surface area contributed by atoms with Gasteiger partial charge >= 0.3 is 0 Å². The molecule has 0 radical (unpaired) electrons. The molecule has 3 aliphatic carbocycles. The third kappa shape index (κ3) is 3.96. The molecular formula is C27H33N5O2. The minimum Gasteiger partial charge on any atom is -0.369 e. The Morgan fingerprint density at radius 3 is 2.56 bits per heavy atom. The van der Waals surface area contributed by atoms with E-state index in [1.807, 2.05) is 24.3 Å². The van der Waals surface area contributed by atoms with Crippen LogP contribution < -0.4 is 15.8 Å². The first-order valence-electron chi connectivity index (χ1n) is 12.7. The van der Waals surface area contributed by atoms with Gasteiger partial charge in [0, 0.05) is 56.1 Å². The van der Waals surface area contributed by atoms with E-state index in [2.05, 4.69) is 26.2 Å². The third-order valence-electron chi connectivity index (χ3n) is 8.41. The van der Waals surface area contributed by atoms with Gasteiger partial charge in [0.05, 0.1) is 5.69 Å². The summed E-state index contributed by atoms with van der Waals surface area (Å²) in [5, 5.41) is 2.67. The van der Waals surface area contributed by atoms with Gasteiger partial charge in [-0.25, -0.2) is 4.98 Å². The lowest BCUT2D eigenvalue weighted by atomic mass is 9.84. The van der Waals surface area contributed by atoms with Gasteiger partial charge in [-0.1, -0.05) is 6.08 Å². The van der Waals surface area contributed by atoms with E-state index in [0.29, 0.717) is 17.0 Å². The number of hydrogen-bond acceptors (Lipinski definition) is 5. The highest BCUT2D eigenvalue weighted by atomic mass is 16.1. The van der Waals surface area contributed by atoms with E-state index in [1.165, 1.54) is 30.5 Å². The number of H-pyrrole nitrogens is 1. The van der Waals surface area contributed by atoms with E-state index in [9.17, 15) is 9.59 Å². The number of carbonyl (C=O) groups is 1. The van der Waals surface area contributed by atoms with E-state index in [4.69, 9.17) is 4.98 Å². The van der Waals surface area contributed by atoms with Gasteiger partial charge in [0.15, 0.2) is 0 Å². The number of nitrogens with one attached hydrogen (secondary N) is 2. The molecule has 7 nitrogen and oxygen atoms in total. The number of piperazine rings is 1. The SMILES string of the molecule is CNC(=O)c1ccc(N2CCN([C@H]3C=C(c4nc5c(c(=O)[nH]4)CC4(CC5)CC4)CC3)CC2)cc1. The van der Waals surface area contributed by atoms with Crippen LogP contribution in [0.5, 0.6) is 0 Å². The van der Waals surface area contributed by atoms with Gasteiger partial charge in [-0.15, -0.1) is 0 Å². The molecule has 0 unspecified atom stereocenters. The lowest BCUT2D eigenvalue weighted by Crippen LogP contribution is -2.49. The Kier molecular flexibility index (Phi) is 5.32. The van der Waals surface area contributed by atoms with Crippen molar-refractivity contribution in [2.45, 2.75) is 51.0 Å². The average Bonchev–Trinajstić information content (AvgIpc) is 3.43. The smallest absolute Gasteiger partial charge is 0.254 e. The largest absolute Gasteiger partial charge is 0.369 e. The Hall–Kier alpha value is -2.93. The second kappa shape index (κ2) is 8.38. The van der Waals surface area contributed by atoms with Crippen molar-refractivity contribution in [3.05, 3.63) is 63.3 Å². The number of aromatic amines is 1. The molecule has 34 heavy (non-hydrogen) atoms. The van der Waals surface area contributed by atoms with E-state index < -0.39 is 0 Å². The minimum atomic E-state index is -0.0539. The number of amides is 1. The highest BCUT2D eigenvalue weighted by Gasteiger charge is 2.45. The van der Waals surface area contributed by atoms with E-state index >= 15 is 0 Å². The van der Waals surface area contributed by atoms with Gasteiger partial charge < -0.3 is 15.2 Å². The Balaban J connectivity index is 1.10. The van der Waals surface area contributed by atoms with Crippen LogP contribution in [0.3, 0.4) is 0 Å². The van der Waals surface area contributed by atoms with Gasteiger partial charge in [0.2, 0.25) is 0 Å². The third-order valence-corrected chi connectivity index (χ3v) is 8.41. The average molecular weight is 460 g/mol. The molecule has 1 spiro atoms. The number of benzene rings is 1. The summed E-state index contributed by atoms with van der Waals surface area (Å²) in [6.07, 6.45) is 10.0. The Bertz CT molecular complexity index is 1190. The molecule has 1 saturated heterocycles. The van der Waals surface area contributed by atoms with Crippen LogP contribution in [0.2, 0.25) is 0 Å². The number of nitrogens with zero attached hydrogens (tertiary/aromatic N) is 3. The number of hydrogen-bond donors (Lipinski definition) is 2. The summed E-state index contributed by atoms with van der Waals surface area (Å²) in [6.45, 7) is 3.94. The maximum absolute atomic E-state index is 12.8. The molecular weight excluding hydrogens is 426 g/mol. The van der Waals surface area contributed by atoms with Crippen molar-refractivity contribution < 1.29 is 4.79 Å². The first kappa shape index (κ1) is 21.6. The Morgan fingerprint density at radius 2 is 1.85 bits per heavy atom. The van der Waals surface area contributed by atoms with E-state index in [0.717, 1.165) is 68.9 Å². The standard InChI is InChI=1S/C27H33N5O2/c1-28-25(33)18-2-5-20(6-3-18)31-12-14-32(15-13-31)21-7-4-19(16-21)24-29-23-8-9-27(10-11-27)17-22(23)26(34)30-24/h2-3,5-6,16,21H,4,7-15,17H2,1H3,(H,28,33)(H,29,30,34)/t21-/m1/s1. The highest BCUT2D eigenvalue weighted by Crippen LogP contribution is 2.53. The molecule has 2 aromatic rings. The van der Waals surface area contributed by atoms with Gasteiger partial charge in [0.1, 0.15) is 5.82 Å². The monoisotopic (exact) mass is 459 g/mol. The summed E-state index contributed by atoms with van der Waals surface area (Å²) < 4.78 is 0. The van der Waals surface area contributed by atoms with Crippen molar-refractivity contribution in [3.63, 3.8) is 0 Å². The van der Waals surface area contributed by atoms with Gasteiger partial charge in [-0.05, 0) is 80.2 Å². The lowest BCUT2D eigenvalue weighted by Gasteiger charge is -2.38. The molecule has 6 rings (SSSR count). The molecule has 178 valence electrons. The molecule has 0 bridgehead atoms. The molecule has 4 aliphatic rings. The van der Waals surface area contributed by atoms with E-state index in [-0.39, 0.29) is 11.5 Å². The van der Waals surface area contributed by atoms with Crippen molar-refractivity contribution >= 4 is 17.2 Å². The van der Waals surface area contributed by atoms with Crippen molar-refractivity contribution in [2.75, 3.05) is 38.1 Å². The van der Waals surface area contributed by atoms with Crippen molar-refractivity contribution in [2.24, 2.45) is 5.41 Å². The summed E-state index contributed by atoms with van der Waals surface area (Å²) in [7, 11) is 1.65. The molecule has 2 heterocycles. The number of anilines is 1. The molecule has 7 heteroatoms. The summed E-state index contributed by atoms with van der Waals surface area (Å²) >= 11 is 0. The number of fused-ring (bicyclic) bond motifs is 1. The van der Waals surface area contributed by atoms with E-state index in [1.54, 1.807) is 7.05 Å². The van der Waals surface area contributed by atoms with Crippen LogP contribution in [0.1, 0.15) is 59.5 Å². The minimum absolute atomic E-state index is 0.0539. The maximum Gasteiger partial charge on any atom is 0.254 e. The summed E-state index contributed by atoms with van der Waals surface area (Å²) in [6, 6.07) is 8.27. The predicted molar refractivity (Wildman–Crippen MR) is 133 cm³/mol. The quantitative estimate of drug-likeness (QED) is 0.735. The topological polar surface area (TPSA) is 81.3 Å². The number of rotatable bonds is 4. The molecule has 1 aromatic carbocycles. The van der Waals surface area contributed by atoms with Gasteiger partial charge in [-0.2, -0.15) is 0 Å². The predicted octanol–water partition coefficient (Wildman–Crippen LogP) is 2.77. The summed E-state index contributed by atoms with van der Waals surface area (Å²) in [5.41, 5.74) is 5.55. The summed E-state index contributed by atoms with van der Waals surface area (Å²) in [4.78, 5) is 37.6. The van der Waals surface area contributed by atoms with Gasteiger partial charge in [0.25, 0.3) is 11.5 Å². The molecule has 1 amide bonds. The van der Waals surface area contributed by atoms with Gasteiger partial charge in [-0.3, -0.25) is 14.5 Å². The van der Waals surface area contributed by atoms with Crippen LogP contribution in [0.25, 0.3) is 5.57 Å². The lowest BCUT2D eigenvalue weighted by molar-refractivity contribution is 0.0963. The first-order valence-corrected chi connectivity index (χ1v) is 12.7. The van der Waals surface area contributed by atoms with Crippen molar-refractivity contribution in [1.29, 1.82) is 0 Å². The van der Waals surface area contributed by atoms with Crippen LogP contribution in [0, 0.1) is 5.41 Å². The fraction of sp³-hybridized carbons (Fsp3) is 0.519. The fourth-order valence-corrected chi connectivity index (χ4v) is 6.00. The zero-order valence-electron chi connectivity index (χ0n) is 19.9. The van der Waals surface area contributed by atoms with Crippen LogP contribution in [-0.4, -0.2) is 60.0 Å². The fourth-order valence-electron chi connectivity index (χ4n) is 6.00. The maximum atomic E-state index is 12.8. The zero-order valence-corrected chi connectivity index (χ0v) is 19.9. The Morgan fingerprint density at radius 1 is 1.09 bits per heavy atom. The number of aryl methyl sites for hydroxylation is 1. The second-order valence-corrected chi connectivity index (χ2v) is 10.5. The first-order chi connectivity index (χ1) is 16.5. The van der Waals surface area contributed by atoms with Crippen LogP contribution in [0.15, 0.2) is 35.1 Å². The summed E-state index contributed by atoms with van der Waals surface area (Å²) in [5.74, 6) is 0.745. The molecule has 1 saturated carbocycles. The number of carbonyl (C=O) groups excluding carboxylic acids is 1. The highest BCUT2D eigenvalue weighted by molar-refractivity contribution is 5.94. The normalized spacial score (nSPS) is 23.5. The Labute approximate surface area is 200 Å².